The molecule has 0 saturated carbocycles. The van der Waals surface area contributed by atoms with Crippen LogP contribution in [0.15, 0.2) is 42.5 Å². The fraction of sp³-hybridized carbons (Fsp3) is 0.300. The zero-order valence-corrected chi connectivity index (χ0v) is 14.4. The molecule has 0 bridgehead atoms. The van der Waals surface area contributed by atoms with Gasteiger partial charge < -0.3 is 14.8 Å². The van der Waals surface area contributed by atoms with Crippen LogP contribution in [0.25, 0.3) is 0 Å². The summed E-state index contributed by atoms with van der Waals surface area (Å²) in [7, 11) is 1.50. The van der Waals surface area contributed by atoms with E-state index in [0.29, 0.717) is 17.1 Å². The lowest BCUT2D eigenvalue weighted by molar-refractivity contribution is -0.123. The number of carbonyl (C=O) groups is 2. The maximum atomic E-state index is 12.2. The highest BCUT2D eigenvalue weighted by Gasteiger charge is 2.23. The number of hydrogen-bond donors (Lipinski definition) is 1. The monoisotopic (exact) mass is 339 g/mol. The molecule has 0 heterocycles. The molecule has 2 aromatic rings. The lowest BCUT2D eigenvalue weighted by Gasteiger charge is -2.15. The molecule has 5 nitrogen and oxygen atoms in total. The summed E-state index contributed by atoms with van der Waals surface area (Å²) in [5, 5.41) is 3.01. The van der Waals surface area contributed by atoms with Gasteiger partial charge in [0.25, 0.3) is 5.91 Å². The maximum absolute atomic E-state index is 12.2. The summed E-state index contributed by atoms with van der Waals surface area (Å²) >= 11 is 0. The molecule has 130 valence electrons. The summed E-state index contributed by atoms with van der Waals surface area (Å²) in [4.78, 5) is 23.7. The van der Waals surface area contributed by atoms with Crippen LogP contribution < -0.4 is 14.8 Å². The largest absolute Gasteiger partial charge is 0.493 e. The molecule has 1 amide bonds. The van der Waals surface area contributed by atoms with E-state index in [2.05, 4.69) is 17.4 Å². The van der Waals surface area contributed by atoms with E-state index in [1.54, 1.807) is 18.2 Å². The van der Waals surface area contributed by atoms with Crippen molar-refractivity contribution in [3.8, 4) is 11.5 Å². The normalized spacial score (nSPS) is 15.4. The number of hydrogen-bond acceptors (Lipinski definition) is 4. The molecule has 0 fully saturated rings. The van der Waals surface area contributed by atoms with Gasteiger partial charge in [-0.15, -0.1) is 0 Å². The van der Waals surface area contributed by atoms with E-state index < -0.39 is 0 Å². The highest BCUT2D eigenvalue weighted by molar-refractivity contribution is 5.94. The molecule has 1 aliphatic carbocycles. The third-order valence-electron chi connectivity index (χ3n) is 4.40. The van der Waals surface area contributed by atoms with Crippen molar-refractivity contribution in [2.75, 3.05) is 13.7 Å². The second-order valence-corrected chi connectivity index (χ2v) is 6.07. The first kappa shape index (κ1) is 17.0. The second kappa shape index (κ2) is 7.38. The van der Waals surface area contributed by atoms with Gasteiger partial charge in [0.05, 0.1) is 13.2 Å². The van der Waals surface area contributed by atoms with E-state index in [-0.39, 0.29) is 24.3 Å². The van der Waals surface area contributed by atoms with Crippen LogP contribution in [0.2, 0.25) is 0 Å². The summed E-state index contributed by atoms with van der Waals surface area (Å²) in [6.45, 7) is 1.39. The molecule has 2 aromatic carbocycles. The number of Topliss-reactive ketones (excluding diaryl/α,β-unsaturated/α-hetero) is 1. The first-order chi connectivity index (χ1) is 12.1. The molecule has 0 saturated heterocycles. The summed E-state index contributed by atoms with van der Waals surface area (Å²) in [5.41, 5.74) is 3.01. The smallest absolute Gasteiger partial charge is 0.258 e. The molecule has 0 aromatic heterocycles. The fourth-order valence-corrected chi connectivity index (χ4v) is 3.09. The zero-order valence-electron chi connectivity index (χ0n) is 14.4. The number of amides is 1. The van der Waals surface area contributed by atoms with Crippen molar-refractivity contribution in [2.45, 2.75) is 25.8 Å². The Balaban J connectivity index is 1.61. The van der Waals surface area contributed by atoms with Gasteiger partial charge in [-0.25, -0.2) is 0 Å². The van der Waals surface area contributed by atoms with Gasteiger partial charge in [-0.3, -0.25) is 9.59 Å². The van der Waals surface area contributed by atoms with Crippen molar-refractivity contribution in [1.82, 2.24) is 5.32 Å². The lowest BCUT2D eigenvalue weighted by Crippen LogP contribution is -2.31. The van der Waals surface area contributed by atoms with Gasteiger partial charge in [0, 0.05) is 5.56 Å². The minimum Gasteiger partial charge on any atom is -0.493 e. The highest BCUT2D eigenvalue weighted by atomic mass is 16.5. The van der Waals surface area contributed by atoms with Gasteiger partial charge in [-0.1, -0.05) is 24.3 Å². The molecular weight excluding hydrogens is 318 g/mol. The number of rotatable bonds is 6. The quantitative estimate of drug-likeness (QED) is 0.822. The third kappa shape index (κ3) is 3.82. The number of aryl methyl sites for hydroxylation is 1. The summed E-state index contributed by atoms with van der Waals surface area (Å²) in [6, 6.07) is 13.1. The maximum Gasteiger partial charge on any atom is 0.258 e. The van der Waals surface area contributed by atoms with E-state index in [1.807, 2.05) is 12.1 Å². The van der Waals surface area contributed by atoms with Crippen LogP contribution in [0.4, 0.5) is 0 Å². The molecule has 1 atom stereocenters. The molecule has 0 spiro atoms. The minimum absolute atomic E-state index is 0.0364. The molecule has 3 rings (SSSR count). The number of carbonyl (C=O) groups excluding carboxylic acids is 2. The van der Waals surface area contributed by atoms with Crippen molar-refractivity contribution < 1.29 is 19.1 Å². The number of ether oxygens (including phenoxy) is 2. The van der Waals surface area contributed by atoms with Gasteiger partial charge in [0.15, 0.2) is 23.9 Å². The standard InChI is InChI=1S/C20H21NO4/c1-13(22)15-8-10-18(19(11-15)24-2)25-12-20(23)21-17-9-7-14-5-3-4-6-16(14)17/h3-6,8,10-11,17H,7,9,12H2,1-2H3,(H,21,23)/t17-/m0/s1. The van der Waals surface area contributed by atoms with E-state index in [9.17, 15) is 9.59 Å². The van der Waals surface area contributed by atoms with Crippen molar-refractivity contribution in [1.29, 1.82) is 0 Å². The van der Waals surface area contributed by atoms with Crippen molar-refractivity contribution in [3.63, 3.8) is 0 Å². The molecule has 0 unspecified atom stereocenters. The van der Waals surface area contributed by atoms with Gasteiger partial charge in [-0.05, 0) is 49.1 Å². The van der Waals surface area contributed by atoms with E-state index in [4.69, 9.17) is 9.47 Å². The summed E-state index contributed by atoms with van der Waals surface area (Å²) in [6.07, 6.45) is 1.88. The Morgan fingerprint density at radius 2 is 1.96 bits per heavy atom. The number of methoxy groups -OCH3 is 1. The van der Waals surface area contributed by atoms with E-state index in [1.165, 1.54) is 25.2 Å². The van der Waals surface area contributed by atoms with E-state index in [0.717, 1.165) is 12.8 Å². The highest BCUT2D eigenvalue weighted by Crippen LogP contribution is 2.31. The number of nitrogens with one attached hydrogen (secondary N) is 1. The van der Waals surface area contributed by atoms with Crippen LogP contribution in [0, 0.1) is 0 Å². The summed E-state index contributed by atoms with van der Waals surface area (Å²) < 4.78 is 10.8. The minimum atomic E-state index is -0.181. The van der Waals surface area contributed by atoms with Crippen molar-refractivity contribution in [3.05, 3.63) is 59.2 Å². The van der Waals surface area contributed by atoms with Crippen molar-refractivity contribution in [2.24, 2.45) is 0 Å². The Morgan fingerprint density at radius 3 is 2.72 bits per heavy atom. The first-order valence-corrected chi connectivity index (χ1v) is 8.27. The van der Waals surface area contributed by atoms with Crippen LogP contribution >= 0.6 is 0 Å². The van der Waals surface area contributed by atoms with Crippen LogP contribution in [-0.2, 0) is 11.2 Å². The molecular formula is C20H21NO4. The molecule has 25 heavy (non-hydrogen) atoms. The van der Waals surface area contributed by atoms with Crippen LogP contribution in [0.1, 0.15) is 40.9 Å². The Bertz CT molecular complexity index is 800. The molecule has 0 radical (unpaired) electrons. The first-order valence-electron chi connectivity index (χ1n) is 8.27. The molecule has 0 aliphatic heterocycles. The topological polar surface area (TPSA) is 64.6 Å². The van der Waals surface area contributed by atoms with Gasteiger partial charge >= 0.3 is 0 Å². The molecule has 5 heteroatoms. The van der Waals surface area contributed by atoms with E-state index >= 15 is 0 Å². The molecule has 1 aliphatic rings. The predicted octanol–water partition coefficient (Wildman–Crippen LogP) is 3.08. The Labute approximate surface area is 147 Å². The fourth-order valence-electron chi connectivity index (χ4n) is 3.09. The molecule has 1 N–H and O–H groups in total. The Kier molecular flexibility index (Phi) is 5.03. The van der Waals surface area contributed by atoms with Gasteiger partial charge in [0.2, 0.25) is 0 Å². The SMILES string of the molecule is COc1cc(C(C)=O)ccc1OCC(=O)N[C@H]1CCc2ccccc21. The van der Waals surface area contributed by atoms with Crippen LogP contribution in [-0.4, -0.2) is 25.4 Å². The van der Waals surface area contributed by atoms with Crippen LogP contribution in [0.5, 0.6) is 11.5 Å². The lowest BCUT2D eigenvalue weighted by atomic mass is 10.1. The number of benzene rings is 2. The number of fused-ring (bicyclic) bond motifs is 1. The predicted molar refractivity (Wildman–Crippen MR) is 94.1 cm³/mol. The Hall–Kier alpha value is -2.82. The average molecular weight is 339 g/mol. The van der Waals surface area contributed by atoms with Gasteiger partial charge in [0.1, 0.15) is 0 Å². The average Bonchev–Trinajstić information content (AvgIpc) is 3.02. The Morgan fingerprint density at radius 1 is 1.16 bits per heavy atom. The number of ketones is 1. The summed E-state index contributed by atoms with van der Waals surface area (Å²) in [5.74, 6) is 0.642. The van der Waals surface area contributed by atoms with Gasteiger partial charge in [-0.2, -0.15) is 0 Å². The second-order valence-electron chi connectivity index (χ2n) is 6.07. The van der Waals surface area contributed by atoms with Crippen molar-refractivity contribution >= 4 is 11.7 Å². The van der Waals surface area contributed by atoms with Crippen LogP contribution in [0.3, 0.4) is 0 Å². The third-order valence-corrected chi connectivity index (χ3v) is 4.40. The zero-order chi connectivity index (χ0) is 17.8.